The Bertz CT molecular complexity index is 1140. The highest BCUT2D eigenvalue weighted by Crippen LogP contribution is 2.33. The first-order chi connectivity index (χ1) is 13.2. The lowest BCUT2D eigenvalue weighted by atomic mass is 9.99. The zero-order valence-corrected chi connectivity index (χ0v) is 15.4. The summed E-state index contributed by atoms with van der Waals surface area (Å²) in [6.45, 7) is 2.07. The zero-order chi connectivity index (χ0) is 18.8. The molecule has 1 N–H and O–H groups in total. The number of nitrogens with one attached hydrogen (secondary N) is 1. The van der Waals surface area contributed by atoms with Crippen LogP contribution in [0.5, 0.6) is 0 Å². The fourth-order valence-corrected chi connectivity index (χ4v) is 3.36. The summed E-state index contributed by atoms with van der Waals surface area (Å²) >= 11 is 6.33. The van der Waals surface area contributed by atoms with Crippen LogP contribution >= 0.6 is 11.6 Å². The minimum Gasteiger partial charge on any atom is -0.338 e. The molecule has 0 aliphatic rings. The largest absolute Gasteiger partial charge is 0.338 e. The molecule has 0 fully saturated rings. The van der Waals surface area contributed by atoms with E-state index in [1.807, 2.05) is 30.3 Å². The minimum atomic E-state index is 0.364. The summed E-state index contributed by atoms with van der Waals surface area (Å²) in [5.41, 5.74) is 5.34. The summed E-state index contributed by atoms with van der Waals surface area (Å²) < 4.78 is 0. The molecule has 0 saturated heterocycles. The fraction of sp³-hybridized carbons (Fsp3) is 0.0455. The number of carbonyl (C=O) groups excluding carboxylic acids is 1. The number of hydrogen-bond acceptors (Lipinski definition) is 4. The molecule has 0 unspecified atom stereocenters. The Labute approximate surface area is 161 Å². The lowest BCUT2D eigenvalue weighted by Crippen LogP contribution is -2.00. The highest BCUT2D eigenvalue weighted by Gasteiger charge is 2.12. The average molecular weight is 374 g/mol. The fourth-order valence-electron chi connectivity index (χ4n) is 3.11. The summed E-state index contributed by atoms with van der Waals surface area (Å²) in [4.78, 5) is 19.9. The van der Waals surface area contributed by atoms with Crippen molar-refractivity contribution in [3.63, 3.8) is 0 Å². The van der Waals surface area contributed by atoms with Gasteiger partial charge >= 0.3 is 0 Å². The van der Waals surface area contributed by atoms with Gasteiger partial charge in [-0.25, -0.2) is 4.98 Å². The quantitative estimate of drug-likeness (QED) is 0.458. The number of hydrogen-bond donors (Lipinski definition) is 1. The van der Waals surface area contributed by atoms with Gasteiger partial charge in [0.05, 0.1) is 10.6 Å². The number of pyridine rings is 2. The molecule has 0 radical (unpaired) electrons. The van der Waals surface area contributed by atoms with Gasteiger partial charge in [0, 0.05) is 23.5 Å². The number of aldehydes is 1. The van der Waals surface area contributed by atoms with Crippen molar-refractivity contribution in [2.24, 2.45) is 0 Å². The minimum absolute atomic E-state index is 0.364. The molecule has 0 amide bonds. The number of aromatic nitrogens is 2. The second-order valence-electron chi connectivity index (χ2n) is 6.17. The van der Waals surface area contributed by atoms with Gasteiger partial charge in [-0.15, -0.1) is 0 Å². The monoisotopic (exact) mass is 373 g/mol. The van der Waals surface area contributed by atoms with E-state index in [1.54, 1.807) is 12.3 Å². The summed E-state index contributed by atoms with van der Waals surface area (Å²) in [5.74, 6) is 0.597. The Morgan fingerprint density at radius 2 is 1.81 bits per heavy atom. The van der Waals surface area contributed by atoms with Crippen molar-refractivity contribution in [2.75, 3.05) is 5.32 Å². The second kappa shape index (κ2) is 7.17. The van der Waals surface area contributed by atoms with Crippen molar-refractivity contribution in [1.82, 2.24) is 9.97 Å². The van der Waals surface area contributed by atoms with Crippen LogP contribution in [0.15, 0.2) is 67.0 Å². The van der Waals surface area contributed by atoms with Crippen LogP contribution in [0.1, 0.15) is 15.9 Å². The van der Waals surface area contributed by atoms with Crippen LogP contribution in [0.3, 0.4) is 0 Å². The van der Waals surface area contributed by atoms with E-state index in [0.717, 1.165) is 22.4 Å². The molecule has 0 aliphatic heterocycles. The van der Waals surface area contributed by atoms with Crippen molar-refractivity contribution in [1.29, 1.82) is 0 Å². The number of carbonyl (C=O) groups is 1. The van der Waals surface area contributed by atoms with Crippen molar-refractivity contribution in [2.45, 2.75) is 6.92 Å². The maximum atomic E-state index is 11.1. The van der Waals surface area contributed by atoms with E-state index in [2.05, 4.69) is 40.4 Å². The highest BCUT2D eigenvalue weighted by atomic mass is 35.5. The normalized spacial score (nSPS) is 10.7. The number of rotatable bonds is 4. The van der Waals surface area contributed by atoms with E-state index in [0.29, 0.717) is 33.6 Å². The molecule has 2 aromatic heterocycles. The van der Waals surface area contributed by atoms with Gasteiger partial charge < -0.3 is 5.32 Å². The van der Waals surface area contributed by atoms with Crippen LogP contribution in [0, 0.1) is 6.92 Å². The summed E-state index contributed by atoms with van der Waals surface area (Å²) in [6.07, 6.45) is 3.83. The van der Waals surface area contributed by atoms with Crippen molar-refractivity contribution in [3.8, 4) is 11.1 Å². The van der Waals surface area contributed by atoms with E-state index in [-0.39, 0.29) is 0 Å². The first-order valence-electron chi connectivity index (χ1n) is 8.49. The van der Waals surface area contributed by atoms with Gasteiger partial charge in [0.1, 0.15) is 5.52 Å². The van der Waals surface area contributed by atoms with Crippen LogP contribution < -0.4 is 5.32 Å². The standard InChI is InChI=1S/C22H16ClN3O/c1-14-17(15-6-3-2-4-7-15)8-5-9-19(14)26-22-21-18(10-11-24-22)20(23)16(13-27)12-25-21/h2-13H,1H3,(H,24,26). The molecule has 0 atom stereocenters. The molecule has 0 spiro atoms. The number of nitrogens with zero attached hydrogens (tertiary/aromatic N) is 2. The lowest BCUT2D eigenvalue weighted by molar-refractivity contribution is 0.112. The number of halogens is 1. The molecule has 5 heteroatoms. The number of anilines is 2. The molecule has 0 saturated carbocycles. The van der Waals surface area contributed by atoms with Crippen LogP contribution in [0.25, 0.3) is 22.0 Å². The third-order valence-electron chi connectivity index (χ3n) is 4.55. The van der Waals surface area contributed by atoms with E-state index in [1.165, 1.54) is 6.20 Å². The molecular formula is C22H16ClN3O. The van der Waals surface area contributed by atoms with Gasteiger partial charge in [0.2, 0.25) is 0 Å². The smallest absolute Gasteiger partial charge is 0.157 e. The SMILES string of the molecule is Cc1c(Nc2nccc3c(Cl)c(C=O)cnc23)cccc1-c1ccccc1. The Kier molecular flexibility index (Phi) is 4.57. The summed E-state index contributed by atoms with van der Waals surface area (Å²) in [7, 11) is 0. The molecule has 132 valence electrons. The van der Waals surface area contributed by atoms with Crippen molar-refractivity contribution < 1.29 is 4.79 Å². The Morgan fingerprint density at radius 1 is 1.00 bits per heavy atom. The summed E-state index contributed by atoms with van der Waals surface area (Å²) in [5, 5.41) is 4.44. The molecule has 4 aromatic rings. The number of benzene rings is 2. The Balaban J connectivity index is 1.80. The predicted molar refractivity (Wildman–Crippen MR) is 110 cm³/mol. The first kappa shape index (κ1) is 17.2. The Hall–Kier alpha value is -3.24. The highest BCUT2D eigenvalue weighted by molar-refractivity contribution is 6.37. The number of fused-ring (bicyclic) bond motifs is 1. The van der Waals surface area contributed by atoms with Gasteiger partial charge in [-0.2, -0.15) is 0 Å². The third kappa shape index (κ3) is 3.15. The zero-order valence-electron chi connectivity index (χ0n) is 14.6. The molecule has 2 aromatic carbocycles. The molecule has 4 nitrogen and oxygen atoms in total. The van der Waals surface area contributed by atoms with Crippen LogP contribution in [-0.2, 0) is 0 Å². The molecule has 4 rings (SSSR count). The van der Waals surface area contributed by atoms with E-state index < -0.39 is 0 Å². The van der Waals surface area contributed by atoms with Crippen molar-refractivity contribution in [3.05, 3.63) is 83.1 Å². The van der Waals surface area contributed by atoms with Crippen molar-refractivity contribution >= 4 is 40.3 Å². The lowest BCUT2D eigenvalue weighted by Gasteiger charge is -2.14. The maximum absolute atomic E-state index is 11.1. The van der Waals surface area contributed by atoms with Crippen LogP contribution in [0.2, 0.25) is 5.02 Å². The molecule has 2 heterocycles. The van der Waals surface area contributed by atoms with Gasteiger partial charge in [0.25, 0.3) is 0 Å². The Morgan fingerprint density at radius 3 is 2.59 bits per heavy atom. The van der Waals surface area contributed by atoms with E-state index >= 15 is 0 Å². The van der Waals surface area contributed by atoms with E-state index in [9.17, 15) is 4.79 Å². The van der Waals surface area contributed by atoms with Crippen LogP contribution in [-0.4, -0.2) is 16.3 Å². The van der Waals surface area contributed by atoms with Crippen LogP contribution in [0.4, 0.5) is 11.5 Å². The topological polar surface area (TPSA) is 54.9 Å². The third-order valence-corrected chi connectivity index (χ3v) is 4.97. The first-order valence-corrected chi connectivity index (χ1v) is 8.87. The van der Waals surface area contributed by atoms with Gasteiger partial charge in [-0.1, -0.05) is 54.1 Å². The summed E-state index contributed by atoms with van der Waals surface area (Å²) in [6, 6.07) is 18.1. The van der Waals surface area contributed by atoms with Gasteiger partial charge in [-0.3, -0.25) is 9.78 Å². The molecule has 0 aliphatic carbocycles. The second-order valence-corrected chi connectivity index (χ2v) is 6.55. The average Bonchev–Trinajstić information content (AvgIpc) is 2.71. The molecule has 0 bridgehead atoms. The molecule has 27 heavy (non-hydrogen) atoms. The maximum Gasteiger partial charge on any atom is 0.157 e. The van der Waals surface area contributed by atoms with E-state index in [4.69, 9.17) is 11.6 Å². The molecular weight excluding hydrogens is 358 g/mol. The van der Waals surface area contributed by atoms with Gasteiger partial charge in [0.15, 0.2) is 12.1 Å². The predicted octanol–water partition coefficient (Wildman–Crippen LogP) is 5.81. The van der Waals surface area contributed by atoms with Gasteiger partial charge in [-0.05, 0) is 35.7 Å².